The minimum atomic E-state index is -0.229. The van der Waals surface area contributed by atoms with Crippen molar-refractivity contribution < 1.29 is 14.4 Å². The zero-order valence-electron chi connectivity index (χ0n) is 27.7. The maximum Gasteiger partial charge on any atom is 0.257 e. The predicted octanol–water partition coefficient (Wildman–Crippen LogP) is 6.37. The fourth-order valence-electron chi connectivity index (χ4n) is 6.28. The van der Waals surface area contributed by atoms with E-state index in [4.69, 9.17) is 4.98 Å². The summed E-state index contributed by atoms with van der Waals surface area (Å²) >= 11 is 0. The molecule has 45 heavy (non-hydrogen) atoms. The van der Waals surface area contributed by atoms with Crippen molar-refractivity contribution in [1.82, 2.24) is 19.8 Å². The molecule has 0 radical (unpaired) electrons. The zero-order chi connectivity index (χ0) is 32.1. The average Bonchev–Trinajstić information content (AvgIpc) is 3.76. The number of carbonyl (C=O) groups excluding carboxylic acids is 3. The SMILES string of the molecule is C[C@H](NCc1ccc(C(=O)Nc2nc3cc(N(C)C(=O)CC4CCCC4)ccc3n2CCCN2CCCC2=O)cc1)C(C)(C)C. The molecule has 1 saturated carbocycles. The molecule has 2 fully saturated rings. The Hall–Kier alpha value is -3.72. The fourth-order valence-corrected chi connectivity index (χ4v) is 6.28. The van der Waals surface area contributed by atoms with Gasteiger partial charge in [-0.15, -0.1) is 0 Å². The van der Waals surface area contributed by atoms with Crippen molar-refractivity contribution in [2.24, 2.45) is 11.3 Å². The molecule has 1 aliphatic carbocycles. The monoisotopic (exact) mass is 614 g/mol. The molecule has 9 heteroatoms. The second-order valence-corrected chi connectivity index (χ2v) is 14.0. The summed E-state index contributed by atoms with van der Waals surface area (Å²) in [4.78, 5) is 47.1. The Bertz CT molecular complexity index is 1500. The van der Waals surface area contributed by atoms with E-state index >= 15 is 0 Å². The summed E-state index contributed by atoms with van der Waals surface area (Å²) in [7, 11) is 1.83. The van der Waals surface area contributed by atoms with Crippen LogP contribution < -0.4 is 15.5 Å². The first-order valence-corrected chi connectivity index (χ1v) is 16.7. The van der Waals surface area contributed by atoms with Crippen LogP contribution in [0.3, 0.4) is 0 Å². The minimum absolute atomic E-state index is 0.121. The zero-order valence-corrected chi connectivity index (χ0v) is 27.7. The first kappa shape index (κ1) is 32.7. The molecule has 1 aliphatic heterocycles. The lowest BCUT2D eigenvalue weighted by molar-refractivity contribution is -0.127. The highest BCUT2D eigenvalue weighted by Gasteiger charge is 2.24. The van der Waals surface area contributed by atoms with E-state index in [2.05, 4.69) is 38.3 Å². The number of rotatable bonds is 12. The molecule has 3 aromatic rings. The van der Waals surface area contributed by atoms with Gasteiger partial charge in [-0.25, -0.2) is 4.98 Å². The second-order valence-electron chi connectivity index (χ2n) is 14.0. The molecule has 0 spiro atoms. The van der Waals surface area contributed by atoms with Gasteiger partial charge in [0.2, 0.25) is 17.8 Å². The number of likely N-dealkylation sites (tertiary alicyclic amines) is 1. The molecular weight excluding hydrogens is 564 g/mol. The van der Waals surface area contributed by atoms with Crippen molar-refractivity contribution >= 4 is 40.4 Å². The Balaban J connectivity index is 1.32. The molecule has 2 aromatic carbocycles. The highest BCUT2D eigenvalue weighted by molar-refractivity contribution is 6.04. The smallest absolute Gasteiger partial charge is 0.257 e. The number of nitrogens with one attached hydrogen (secondary N) is 2. The van der Waals surface area contributed by atoms with Gasteiger partial charge < -0.3 is 19.7 Å². The number of hydrogen-bond acceptors (Lipinski definition) is 5. The van der Waals surface area contributed by atoms with Crippen molar-refractivity contribution in [1.29, 1.82) is 0 Å². The molecule has 1 saturated heterocycles. The summed E-state index contributed by atoms with van der Waals surface area (Å²) < 4.78 is 2.02. The molecule has 3 amide bonds. The van der Waals surface area contributed by atoms with E-state index in [1.165, 1.54) is 12.8 Å². The predicted molar refractivity (Wildman–Crippen MR) is 180 cm³/mol. The number of anilines is 2. The van der Waals surface area contributed by atoms with E-state index in [-0.39, 0.29) is 23.1 Å². The number of amides is 3. The lowest BCUT2D eigenvalue weighted by Gasteiger charge is -2.28. The third-order valence-corrected chi connectivity index (χ3v) is 9.77. The Kier molecular flexibility index (Phi) is 10.3. The standard InChI is InChI=1S/C36H50N6O3/c1-25(36(2,3)4)37-24-27-13-15-28(16-14-27)34(45)39-35-38-30-23-29(40(5)33(44)22-26-10-6-7-11-26)17-18-31(30)42(35)21-9-20-41-19-8-12-32(41)43/h13-18,23,25-26,37H,6-12,19-22,24H2,1-5H3,(H,38,39,45)/t25-/m0/s1. The summed E-state index contributed by atoms with van der Waals surface area (Å²) in [6, 6.07) is 13.9. The van der Waals surface area contributed by atoms with Crippen molar-refractivity contribution in [3.05, 3.63) is 53.6 Å². The fraction of sp³-hybridized carbons (Fsp3) is 0.556. The van der Waals surface area contributed by atoms with E-state index in [1.54, 1.807) is 4.90 Å². The van der Waals surface area contributed by atoms with Gasteiger partial charge >= 0.3 is 0 Å². The molecule has 5 rings (SSSR count). The van der Waals surface area contributed by atoms with E-state index in [9.17, 15) is 14.4 Å². The Labute approximate surface area is 267 Å². The van der Waals surface area contributed by atoms with Crippen LogP contribution in [0.5, 0.6) is 0 Å². The van der Waals surface area contributed by atoms with Gasteiger partial charge in [-0.05, 0) is 79.8 Å². The minimum Gasteiger partial charge on any atom is -0.343 e. The number of nitrogens with zero attached hydrogens (tertiary/aromatic N) is 4. The van der Waals surface area contributed by atoms with Crippen LogP contribution in [-0.2, 0) is 22.7 Å². The van der Waals surface area contributed by atoms with Crippen LogP contribution in [0.4, 0.5) is 11.6 Å². The molecule has 1 aromatic heterocycles. The van der Waals surface area contributed by atoms with Gasteiger partial charge in [0, 0.05) is 63.4 Å². The molecule has 1 atom stereocenters. The van der Waals surface area contributed by atoms with Crippen molar-refractivity contribution in [2.45, 2.75) is 98.2 Å². The van der Waals surface area contributed by atoms with Crippen LogP contribution in [0.15, 0.2) is 42.5 Å². The lowest BCUT2D eigenvalue weighted by atomic mass is 9.88. The topological polar surface area (TPSA) is 99.6 Å². The molecule has 2 aliphatic rings. The van der Waals surface area contributed by atoms with Crippen LogP contribution in [0.2, 0.25) is 0 Å². The second kappa shape index (κ2) is 14.1. The lowest BCUT2D eigenvalue weighted by Crippen LogP contribution is -2.37. The normalized spacial score (nSPS) is 16.5. The number of benzene rings is 2. The molecule has 2 N–H and O–H groups in total. The van der Waals surface area contributed by atoms with Crippen LogP contribution in [-0.4, -0.2) is 58.4 Å². The Morgan fingerprint density at radius 1 is 1.04 bits per heavy atom. The van der Waals surface area contributed by atoms with Crippen LogP contribution in [0, 0.1) is 11.3 Å². The van der Waals surface area contributed by atoms with Gasteiger partial charge in [-0.1, -0.05) is 45.7 Å². The molecule has 242 valence electrons. The molecule has 2 heterocycles. The summed E-state index contributed by atoms with van der Waals surface area (Å²) in [6.07, 6.45) is 7.54. The van der Waals surface area contributed by atoms with E-state index in [0.29, 0.717) is 49.4 Å². The van der Waals surface area contributed by atoms with Gasteiger partial charge in [0.15, 0.2) is 0 Å². The van der Waals surface area contributed by atoms with Crippen molar-refractivity contribution in [2.75, 3.05) is 30.4 Å². The van der Waals surface area contributed by atoms with Crippen molar-refractivity contribution in [3.63, 3.8) is 0 Å². The molecular formula is C36H50N6O3. The first-order chi connectivity index (χ1) is 21.5. The van der Waals surface area contributed by atoms with Gasteiger partial charge in [0.05, 0.1) is 11.0 Å². The largest absolute Gasteiger partial charge is 0.343 e. The number of aromatic nitrogens is 2. The highest BCUT2D eigenvalue weighted by Crippen LogP contribution is 2.30. The average molecular weight is 615 g/mol. The van der Waals surface area contributed by atoms with Gasteiger partial charge in [-0.3, -0.25) is 19.7 Å². The van der Waals surface area contributed by atoms with E-state index in [1.807, 2.05) is 59.0 Å². The van der Waals surface area contributed by atoms with Gasteiger partial charge in [0.25, 0.3) is 5.91 Å². The van der Waals surface area contributed by atoms with E-state index < -0.39 is 0 Å². The summed E-state index contributed by atoms with van der Waals surface area (Å²) in [5.41, 5.74) is 4.23. The number of carbonyl (C=O) groups is 3. The highest BCUT2D eigenvalue weighted by atomic mass is 16.2. The number of fused-ring (bicyclic) bond motifs is 1. The Morgan fingerprint density at radius 2 is 1.78 bits per heavy atom. The van der Waals surface area contributed by atoms with Crippen LogP contribution in [0.1, 0.15) is 95.0 Å². The van der Waals surface area contributed by atoms with Crippen LogP contribution >= 0.6 is 0 Å². The van der Waals surface area contributed by atoms with E-state index in [0.717, 1.165) is 61.1 Å². The van der Waals surface area contributed by atoms with Gasteiger partial charge in [0.1, 0.15) is 0 Å². The quantitative estimate of drug-likeness (QED) is 0.247. The molecule has 0 unspecified atom stereocenters. The third-order valence-electron chi connectivity index (χ3n) is 9.77. The van der Waals surface area contributed by atoms with Crippen LogP contribution in [0.25, 0.3) is 11.0 Å². The first-order valence-electron chi connectivity index (χ1n) is 16.7. The van der Waals surface area contributed by atoms with Gasteiger partial charge in [-0.2, -0.15) is 0 Å². The number of hydrogen-bond donors (Lipinski definition) is 2. The number of imidazole rings is 1. The maximum absolute atomic E-state index is 13.4. The molecule has 0 bridgehead atoms. The molecule has 9 nitrogen and oxygen atoms in total. The third kappa shape index (κ3) is 8.12. The maximum atomic E-state index is 13.4. The summed E-state index contributed by atoms with van der Waals surface area (Å²) in [5.74, 6) is 1.04. The summed E-state index contributed by atoms with van der Waals surface area (Å²) in [6.45, 7) is 11.6. The van der Waals surface area contributed by atoms with Crippen molar-refractivity contribution in [3.8, 4) is 0 Å². The summed E-state index contributed by atoms with van der Waals surface area (Å²) in [5, 5.41) is 6.62. The Morgan fingerprint density at radius 3 is 2.44 bits per heavy atom. The number of aryl methyl sites for hydroxylation is 1.